The largest absolute Gasteiger partial charge is 0.489 e. The average molecular weight is 228 g/mol. The molecule has 0 saturated heterocycles. The zero-order valence-electron chi connectivity index (χ0n) is 10.5. The molecule has 1 aromatic rings. The standard InChI is InChI=1S/C16H20O/c1-2-6-14-9-11-16(12-10-14)17-13-15-7-4-3-5-8-15/h4,7-12H,2-3,5-6,13H2,1H3. The van der Waals surface area contributed by atoms with Gasteiger partial charge in [0.05, 0.1) is 0 Å². The third-order valence-corrected chi connectivity index (χ3v) is 2.94. The van der Waals surface area contributed by atoms with Gasteiger partial charge in [0.2, 0.25) is 0 Å². The van der Waals surface area contributed by atoms with E-state index < -0.39 is 0 Å². The second-order valence-electron chi connectivity index (χ2n) is 4.44. The Morgan fingerprint density at radius 1 is 1.12 bits per heavy atom. The molecule has 90 valence electrons. The van der Waals surface area contributed by atoms with Crippen molar-refractivity contribution in [2.45, 2.75) is 32.6 Å². The van der Waals surface area contributed by atoms with Crippen LogP contribution in [0.25, 0.3) is 0 Å². The molecule has 0 saturated carbocycles. The van der Waals surface area contributed by atoms with E-state index in [1.54, 1.807) is 0 Å². The number of benzene rings is 1. The number of hydrogen-bond donors (Lipinski definition) is 0. The molecular weight excluding hydrogens is 208 g/mol. The molecule has 0 aliphatic heterocycles. The summed E-state index contributed by atoms with van der Waals surface area (Å²) < 4.78 is 5.76. The van der Waals surface area contributed by atoms with Crippen molar-refractivity contribution < 1.29 is 4.74 Å². The van der Waals surface area contributed by atoms with Crippen LogP contribution in [0.3, 0.4) is 0 Å². The van der Waals surface area contributed by atoms with Crippen molar-refractivity contribution in [3.05, 3.63) is 53.6 Å². The predicted molar refractivity (Wildman–Crippen MR) is 72.4 cm³/mol. The van der Waals surface area contributed by atoms with Crippen LogP contribution >= 0.6 is 0 Å². The lowest BCUT2D eigenvalue weighted by Crippen LogP contribution is -2.01. The third-order valence-electron chi connectivity index (χ3n) is 2.94. The number of ether oxygens (including phenoxy) is 1. The van der Waals surface area contributed by atoms with E-state index in [0.29, 0.717) is 6.61 Å². The molecule has 17 heavy (non-hydrogen) atoms. The normalized spacial score (nSPS) is 14.5. The van der Waals surface area contributed by atoms with E-state index in [-0.39, 0.29) is 0 Å². The Morgan fingerprint density at radius 3 is 2.59 bits per heavy atom. The van der Waals surface area contributed by atoms with Gasteiger partial charge in [0.1, 0.15) is 12.4 Å². The fraction of sp³-hybridized carbons (Fsp3) is 0.375. The second-order valence-corrected chi connectivity index (χ2v) is 4.44. The zero-order valence-corrected chi connectivity index (χ0v) is 10.5. The fourth-order valence-corrected chi connectivity index (χ4v) is 1.98. The molecule has 0 atom stereocenters. The second kappa shape index (κ2) is 6.29. The van der Waals surface area contributed by atoms with E-state index in [1.165, 1.54) is 17.6 Å². The summed E-state index contributed by atoms with van der Waals surface area (Å²) in [6, 6.07) is 8.45. The number of hydrogen-bond acceptors (Lipinski definition) is 1. The van der Waals surface area contributed by atoms with Crippen LogP contribution in [0.4, 0.5) is 0 Å². The lowest BCUT2D eigenvalue weighted by Gasteiger charge is -2.10. The molecule has 0 fully saturated rings. The molecule has 0 amide bonds. The Kier molecular flexibility index (Phi) is 4.43. The topological polar surface area (TPSA) is 9.23 Å². The van der Waals surface area contributed by atoms with Gasteiger partial charge in [-0.05, 0) is 42.5 Å². The molecule has 2 rings (SSSR count). The van der Waals surface area contributed by atoms with E-state index >= 15 is 0 Å². The van der Waals surface area contributed by atoms with E-state index in [1.807, 2.05) is 0 Å². The summed E-state index contributed by atoms with van der Waals surface area (Å²) in [6.45, 7) is 2.88. The summed E-state index contributed by atoms with van der Waals surface area (Å²) in [6.07, 6.45) is 11.3. The minimum absolute atomic E-state index is 0.684. The lowest BCUT2D eigenvalue weighted by atomic mass is 10.1. The lowest BCUT2D eigenvalue weighted by molar-refractivity contribution is 0.354. The van der Waals surface area contributed by atoms with Crippen LogP contribution in [0.15, 0.2) is 48.1 Å². The van der Waals surface area contributed by atoms with Crippen molar-refractivity contribution in [1.82, 2.24) is 0 Å². The maximum absolute atomic E-state index is 5.76. The molecule has 0 N–H and O–H groups in total. The smallest absolute Gasteiger partial charge is 0.119 e. The van der Waals surface area contributed by atoms with Crippen molar-refractivity contribution in [1.29, 1.82) is 0 Å². The molecule has 1 nitrogen and oxygen atoms in total. The highest BCUT2D eigenvalue weighted by molar-refractivity contribution is 5.29. The Morgan fingerprint density at radius 2 is 1.94 bits per heavy atom. The number of aryl methyl sites for hydroxylation is 1. The van der Waals surface area contributed by atoms with Gasteiger partial charge in [-0.25, -0.2) is 0 Å². The van der Waals surface area contributed by atoms with Crippen LogP contribution in [-0.4, -0.2) is 6.61 Å². The van der Waals surface area contributed by atoms with Crippen LogP contribution in [0, 0.1) is 0 Å². The van der Waals surface area contributed by atoms with Gasteiger partial charge < -0.3 is 4.74 Å². The molecule has 1 aliphatic rings. The van der Waals surface area contributed by atoms with Crippen molar-refractivity contribution >= 4 is 0 Å². The van der Waals surface area contributed by atoms with Gasteiger partial charge in [-0.15, -0.1) is 0 Å². The van der Waals surface area contributed by atoms with E-state index in [4.69, 9.17) is 4.74 Å². The van der Waals surface area contributed by atoms with Gasteiger partial charge >= 0.3 is 0 Å². The third kappa shape index (κ3) is 3.77. The van der Waals surface area contributed by atoms with Crippen molar-refractivity contribution in [2.75, 3.05) is 6.61 Å². The first-order valence-corrected chi connectivity index (χ1v) is 6.46. The number of allylic oxidation sites excluding steroid dienone is 2. The summed E-state index contributed by atoms with van der Waals surface area (Å²) >= 11 is 0. The molecule has 1 aromatic carbocycles. The van der Waals surface area contributed by atoms with E-state index in [9.17, 15) is 0 Å². The molecule has 0 spiro atoms. The minimum atomic E-state index is 0.684. The SMILES string of the molecule is CCCc1ccc(OCC2=CCCC=C2)cc1. The van der Waals surface area contributed by atoms with Gasteiger partial charge in [0.15, 0.2) is 0 Å². The Bertz CT molecular complexity index is 398. The van der Waals surface area contributed by atoms with Crippen molar-refractivity contribution in [2.24, 2.45) is 0 Å². The molecule has 1 heteroatoms. The van der Waals surface area contributed by atoms with Gasteiger partial charge in [-0.2, -0.15) is 0 Å². The van der Waals surface area contributed by atoms with Crippen molar-refractivity contribution in [3.8, 4) is 5.75 Å². The number of rotatable bonds is 5. The first kappa shape index (κ1) is 12.0. The molecule has 0 bridgehead atoms. The van der Waals surface area contributed by atoms with Crippen LogP contribution in [0.1, 0.15) is 31.7 Å². The van der Waals surface area contributed by atoms with Crippen molar-refractivity contribution in [3.63, 3.8) is 0 Å². The van der Waals surface area contributed by atoms with Crippen LogP contribution in [0.2, 0.25) is 0 Å². The summed E-state index contributed by atoms with van der Waals surface area (Å²) in [7, 11) is 0. The zero-order chi connectivity index (χ0) is 11.9. The summed E-state index contributed by atoms with van der Waals surface area (Å²) in [5.74, 6) is 0.963. The molecule has 0 aromatic heterocycles. The molecule has 0 unspecified atom stereocenters. The van der Waals surface area contributed by atoms with E-state index in [2.05, 4.69) is 49.4 Å². The molecule has 0 heterocycles. The summed E-state index contributed by atoms with van der Waals surface area (Å²) in [4.78, 5) is 0. The minimum Gasteiger partial charge on any atom is -0.489 e. The molecular formula is C16H20O. The van der Waals surface area contributed by atoms with Gasteiger partial charge in [-0.3, -0.25) is 0 Å². The maximum atomic E-state index is 5.76. The molecule has 0 radical (unpaired) electrons. The quantitative estimate of drug-likeness (QED) is 0.730. The van der Waals surface area contributed by atoms with E-state index in [0.717, 1.165) is 25.0 Å². The monoisotopic (exact) mass is 228 g/mol. The Hall–Kier alpha value is -1.50. The highest BCUT2D eigenvalue weighted by Gasteiger charge is 1.99. The Balaban J connectivity index is 1.86. The van der Waals surface area contributed by atoms with Crippen LogP contribution in [-0.2, 0) is 6.42 Å². The highest BCUT2D eigenvalue weighted by atomic mass is 16.5. The van der Waals surface area contributed by atoms with Gasteiger partial charge in [0, 0.05) is 0 Å². The predicted octanol–water partition coefficient (Wildman–Crippen LogP) is 4.29. The maximum Gasteiger partial charge on any atom is 0.119 e. The van der Waals surface area contributed by atoms with Crippen LogP contribution < -0.4 is 4.74 Å². The molecule has 1 aliphatic carbocycles. The highest BCUT2D eigenvalue weighted by Crippen LogP contribution is 2.16. The first-order chi connectivity index (χ1) is 8.38. The summed E-state index contributed by atoms with van der Waals surface area (Å²) in [5, 5.41) is 0. The van der Waals surface area contributed by atoms with Crippen LogP contribution in [0.5, 0.6) is 5.75 Å². The average Bonchev–Trinajstić information content (AvgIpc) is 2.40. The fourth-order valence-electron chi connectivity index (χ4n) is 1.98. The summed E-state index contributed by atoms with van der Waals surface area (Å²) in [5.41, 5.74) is 2.67. The van der Waals surface area contributed by atoms with Gasteiger partial charge in [0.25, 0.3) is 0 Å². The van der Waals surface area contributed by atoms with Gasteiger partial charge in [-0.1, -0.05) is 43.7 Å². The Labute approximate surface area is 104 Å². The first-order valence-electron chi connectivity index (χ1n) is 6.46.